The second kappa shape index (κ2) is 8.76. The minimum absolute atomic E-state index is 0.229. The highest BCUT2D eigenvalue weighted by Gasteiger charge is 2.70. The number of halogens is 8. The van der Waals surface area contributed by atoms with E-state index in [0.29, 0.717) is 9.80 Å². The fourth-order valence-corrected chi connectivity index (χ4v) is 2.43. The molecule has 0 saturated carbocycles. The zero-order chi connectivity index (χ0) is 22.8. The summed E-state index contributed by atoms with van der Waals surface area (Å²) < 4.78 is 124. The summed E-state index contributed by atoms with van der Waals surface area (Å²) in [7, 11) is 0. The monoisotopic (exact) mass is 460 g/mol. The number of amides is 2. The van der Waals surface area contributed by atoms with E-state index in [0.717, 1.165) is 0 Å². The topological polar surface area (TPSA) is 77.5 Å². The lowest BCUT2D eigenvalue weighted by Crippen LogP contribution is -2.58. The molecule has 0 unspecified atom stereocenters. The Kier molecular flexibility index (Phi) is 7.15. The average molecular weight is 460 g/mol. The van der Waals surface area contributed by atoms with E-state index in [1.807, 2.05) is 0 Å². The molecule has 2 rings (SSSR count). The maximum atomic E-state index is 13.7. The second-order valence-electron chi connectivity index (χ2n) is 6.08. The number of morpholine rings is 2. The van der Waals surface area contributed by atoms with Crippen molar-refractivity contribution in [2.45, 2.75) is 24.4 Å². The van der Waals surface area contributed by atoms with Gasteiger partial charge in [-0.25, -0.2) is 9.47 Å². The Hall–Kier alpha value is -1.78. The SMILES string of the molecule is O=C(N1CCOCC1)C(F)(F)OC(F)(F)C(F)(F)OC(F)(F)C(=O)N1CCOCC1. The van der Waals surface area contributed by atoms with Gasteiger partial charge in [0.05, 0.1) is 26.4 Å². The molecule has 2 fully saturated rings. The predicted octanol–water partition coefficient (Wildman–Crippen LogP) is 1.11. The largest absolute Gasteiger partial charge is 0.453 e. The zero-order valence-corrected chi connectivity index (χ0v) is 15.0. The molecule has 2 aliphatic rings. The van der Waals surface area contributed by atoms with Crippen molar-refractivity contribution in [3.8, 4) is 0 Å². The minimum atomic E-state index is -6.41. The molecule has 0 atom stereocenters. The highest BCUT2D eigenvalue weighted by atomic mass is 19.3. The molecule has 0 aromatic heterocycles. The average Bonchev–Trinajstić information content (AvgIpc) is 2.66. The second-order valence-corrected chi connectivity index (χ2v) is 6.08. The number of alkyl halides is 8. The van der Waals surface area contributed by atoms with Gasteiger partial charge in [0.2, 0.25) is 0 Å². The predicted molar refractivity (Wildman–Crippen MR) is 76.8 cm³/mol. The number of hydrogen-bond donors (Lipinski definition) is 0. The van der Waals surface area contributed by atoms with Crippen LogP contribution in [0.2, 0.25) is 0 Å². The van der Waals surface area contributed by atoms with E-state index in [1.54, 1.807) is 0 Å². The van der Waals surface area contributed by atoms with Crippen LogP contribution in [0, 0.1) is 0 Å². The van der Waals surface area contributed by atoms with Crippen molar-refractivity contribution in [3.05, 3.63) is 0 Å². The van der Waals surface area contributed by atoms with Gasteiger partial charge >= 0.3 is 36.2 Å². The van der Waals surface area contributed by atoms with Crippen LogP contribution in [0.3, 0.4) is 0 Å². The van der Waals surface area contributed by atoms with Gasteiger partial charge in [-0.05, 0) is 0 Å². The van der Waals surface area contributed by atoms with E-state index in [9.17, 15) is 44.7 Å². The molecule has 2 aliphatic heterocycles. The molecule has 2 saturated heterocycles. The summed E-state index contributed by atoms with van der Waals surface area (Å²) in [4.78, 5) is 23.8. The van der Waals surface area contributed by atoms with E-state index in [4.69, 9.17) is 9.47 Å². The van der Waals surface area contributed by atoms with Gasteiger partial charge in [0.1, 0.15) is 0 Å². The summed E-state index contributed by atoms with van der Waals surface area (Å²) in [5.41, 5.74) is 0. The van der Waals surface area contributed by atoms with Crippen molar-refractivity contribution in [1.29, 1.82) is 0 Å². The Morgan fingerprint density at radius 3 is 1.13 bits per heavy atom. The van der Waals surface area contributed by atoms with Crippen molar-refractivity contribution in [3.63, 3.8) is 0 Å². The van der Waals surface area contributed by atoms with Crippen LogP contribution in [0.5, 0.6) is 0 Å². The maximum Gasteiger partial charge on any atom is 0.453 e. The molecular formula is C14H16F8N2O6. The minimum Gasteiger partial charge on any atom is -0.378 e. The Labute approximate surface area is 163 Å². The van der Waals surface area contributed by atoms with E-state index in [1.165, 1.54) is 0 Å². The normalized spacial score (nSPS) is 19.7. The molecule has 174 valence electrons. The fraction of sp³-hybridized carbons (Fsp3) is 0.857. The third kappa shape index (κ3) is 5.47. The van der Waals surface area contributed by atoms with E-state index in [2.05, 4.69) is 9.47 Å². The maximum absolute atomic E-state index is 13.7. The molecule has 16 heteroatoms. The molecule has 8 nitrogen and oxygen atoms in total. The first-order valence-corrected chi connectivity index (χ1v) is 8.35. The van der Waals surface area contributed by atoms with Gasteiger partial charge in [-0.1, -0.05) is 0 Å². The molecule has 0 aliphatic carbocycles. The zero-order valence-electron chi connectivity index (χ0n) is 15.0. The first-order chi connectivity index (χ1) is 13.7. The summed E-state index contributed by atoms with van der Waals surface area (Å²) in [5.74, 6) is -4.81. The molecule has 0 radical (unpaired) electrons. The van der Waals surface area contributed by atoms with Gasteiger partial charge in [0.25, 0.3) is 0 Å². The van der Waals surface area contributed by atoms with Gasteiger partial charge in [0, 0.05) is 26.2 Å². The highest BCUT2D eigenvalue weighted by Crippen LogP contribution is 2.44. The summed E-state index contributed by atoms with van der Waals surface area (Å²) in [6, 6.07) is 0. The van der Waals surface area contributed by atoms with Crippen LogP contribution in [-0.2, 0) is 28.5 Å². The number of nitrogens with zero attached hydrogens (tertiary/aromatic N) is 2. The lowest BCUT2D eigenvalue weighted by atomic mass is 10.3. The Morgan fingerprint density at radius 2 is 0.867 bits per heavy atom. The lowest BCUT2D eigenvalue weighted by molar-refractivity contribution is -0.500. The van der Waals surface area contributed by atoms with E-state index < -0.39 is 62.4 Å². The third-order valence-corrected chi connectivity index (χ3v) is 3.95. The summed E-state index contributed by atoms with van der Waals surface area (Å²) in [6.45, 7) is -2.79. The van der Waals surface area contributed by atoms with Crippen LogP contribution >= 0.6 is 0 Å². The number of carbonyl (C=O) groups excluding carboxylic acids is 2. The Bertz CT molecular complexity index is 584. The standard InChI is InChI=1S/C14H16F8N2O6/c15-11(16,9(25)23-1-5-27-6-2-23)29-13(19,20)14(21,22)30-12(17,18)10(26)24-3-7-28-8-4-24/h1-8H2. The van der Waals surface area contributed by atoms with Crippen molar-refractivity contribution in [2.24, 2.45) is 0 Å². The van der Waals surface area contributed by atoms with Gasteiger partial charge in [-0.2, -0.15) is 35.1 Å². The fourth-order valence-electron chi connectivity index (χ4n) is 2.43. The van der Waals surface area contributed by atoms with Crippen molar-refractivity contribution >= 4 is 11.8 Å². The van der Waals surface area contributed by atoms with Crippen LogP contribution in [0.15, 0.2) is 0 Å². The van der Waals surface area contributed by atoms with E-state index >= 15 is 0 Å². The summed E-state index contributed by atoms with van der Waals surface area (Å²) in [6.07, 6.45) is -23.9. The Balaban J connectivity index is 2.09. The van der Waals surface area contributed by atoms with Crippen LogP contribution in [0.25, 0.3) is 0 Å². The molecule has 0 aromatic carbocycles. The molecule has 2 heterocycles. The highest BCUT2D eigenvalue weighted by molar-refractivity contribution is 5.82. The molecule has 0 aromatic rings. The van der Waals surface area contributed by atoms with Crippen LogP contribution in [0.1, 0.15) is 0 Å². The number of ether oxygens (including phenoxy) is 4. The van der Waals surface area contributed by atoms with Gasteiger partial charge in [-0.3, -0.25) is 9.59 Å². The number of hydrogen-bond acceptors (Lipinski definition) is 6. The van der Waals surface area contributed by atoms with E-state index in [-0.39, 0.29) is 26.4 Å². The third-order valence-electron chi connectivity index (χ3n) is 3.95. The van der Waals surface area contributed by atoms with Crippen molar-refractivity contribution in [1.82, 2.24) is 9.80 Å². The van der Waals surface area contributed by atoms with Crippen LogP contribution in [-0.4, -0.2) is 98.7 Å². The van der Waals surface area contributed by atoms with Crippen molar-refractivity contribution in [2.75, 3.05) is 52.6 Å². The smallest absolute Gasteiger partial charge is 0.378 e. The summed E-state index contributed by atoms with van der Waals surface area (Å²) >= 11 is 0. The molecular weight excluding hydrogens is 444 g/mol. The summed E-state index contributed by atoms with van der Waals surface area (Å²) in [5, 5.41) is 0. The molecule has 30 heavy (non-hydrogen) atoms. The molecule has 0 spiro atoms. The van der Waals surface area contributed by atoms with Gasteiger partial charge < -0.3 is 19.3 Å². The number of carbonyl (C=O) groups is 2. The molecule has 2 amide bonds. The quantitative estimate of drug-likeness (QED) is 0.530. The lowest BCUT2D eigenvalue weighted by Gasteiger charge is -2.34. The first-order valence-electron chi connectivity index (χ1n) is 8.35. The van der Waals surface area contributed by atoms with Gasteiger partial charge in [0.15, 0.2) is 0 Å². The van der Waals surface area contributed by atoms with Crippen LogP contribution < -0.4 is 0 Å². The first kappa shape index (κ1) is 24.5. The molecule has 0 N–H and O–H groups in total. The molecule has 0 bridgehead atoms. The van der Waals surface area contributed by atoms with Crippen LogP contribution in [0.4, 0.5) is 35.1 Å². The van der Waals surface area contributed by atoms with Crippen molar-refractivity contribution < 1.29 is 63.7 Å². The Morgan fingerprint density at radius 1 is 0.600 bits per heavy atom. The van der Waals surface area contributed by atoms with Gasteiger partial charge in [-0.15, -0.1) is 0 Å². The number of rotatable bonds is 7.